The molecular weight excluding hydrogens is 250 g/mol. The van der Waals surface area contributed by atoms with Crippen molar-refractivity contribution in [1.82, 2.24) is 14.5 Å². The van der Waals surface area contributed by atoms with Gasteiger partial charge >= 0.3 is 0 Å². The fourth-order valence-corrected chi connectivity index (χ4v) is 3.80. The Hall–Kier alpha value is -0.870. The number of hydrogen-bond donors (Lipinski definition) is 1. The summed E-state index contributed by atoms with van der Waals surface area (Å²) in [5, 5.41) is 9.31. The standard InChI is InChI=1S/C16H27N3O/c1-12(2)19-6-3-4-15(19)9-14-10-18-7-5-13(11-20)8-16(18)17-14/h10,12-13,15,20H,3-9,11H2,1-2H3. The minimum atomic E-state index is 0.298. The van der Waals surface area contributed by atoms with Crippen LogP contribution in [-0.4, -0.2) is 44.8 Å². The van der Waals surface area contributed by atoms with E-state index in [1.807, 2.05) is 0 Å². The number of imidazole rings is 1. The van der Waals surface area contributed by atoms with Crippen LogP contribution in [0.5, 0.6) is 0 Å². The van der Waals surface area contributed by atoms with Gasteiger partial charge in [-0.05, 0) is 45.6 Å². The van der Waals surface area contributed by atoms with Crippen LogP contribution >= 0.6 is 0 Å². The molecule has 1 N–H and O–H groups in total. The molecule has 1 fully saturated rings. The van der Waals surface area contributed by atoms with Crippen molar-refractivity contribution in [2.24, 2.45) is 5.92 Å². The van der Waals surface area contributed by atoms with Gasteiger partial charge in [0.05, 0.1) is 5.69 Å². The van der Waals surface area contributed by atoms with E-state index in [-0.39, 0.29) is 0 Å². The van der Waals surface area contributed by atoms with E-state index < -0.39 is 0 Å². The summed E-state index contributed by atoms with van der Waals surface area (Å²) in [7, 11) is 0. The number of rotatable bonds is 4. The lowest BCUT2D eigenvalue weighted by atomic mass is 9.99. The van der Waals surface area contributed by atoms with E-state index in [1.54, 1.807) is 0 Å². The van der Waals surface area contributed by atoms with Gasteiger partial charge in [0.2, 0.25) is 0 Å². The van der Waals surface area contributed by atoms with E-state index in [0.717, 1.165) is 25.8 Å². The molecule has 0 spiro atoms. The van der Waals surface area contributed by atoms with Crippen LogP contribution in [-0.2, 0) is 19.4 Å². The third kappa shape index (κ3) is 2.77. The lowest BCUT2D eigenvalue weighted by Gasteiger charge is -2.27. The van der Waals surface area contributed by atoms with Crippen molar-refractivity contribution in [2.45, 2.75) is 64.6 Å². The number of likely N-dealkylation sites (tertiary alicyclic amines) is 1. The molecule has 0 aliphatic carbocycles. The normalized spacial score (nSPS) is 27.2. The molecular formula is C16H27N3O. The molecule has 0 saturated carbocycles. The molecule has 20 heavy (non-hydrogen) atoms. The van der Waals surface area contributed by atoms with Crippen molar-refractivity contribution in [1.29, 1.82) is 0 Å². The fourth-order valence-electron chi connectivity index (χ4n) is 3.80. The van der Waals surface area contributed by atoms with E-state index >= 15 is 0 Å². The number of aliphatic hydroxyl groups excluding tert-OH is 1. The fraction of sp³-hybridized carbons (Fsp3) is 0.812. The Bertz CT molecular complexity index is 455. The molecule has 3 rings (SSSR count). The molecule has 3 heterocycles. The molecule has 4 heteroatoms. The van der Waals surface area contributed by atoms with Crippen LogP contribution in [0.1, 0.15) is 44.6 Å². The minimum Gasteiger partial charge on any atom is -0.396 e. The number of aliphatic hydroxyl groups is 1. The first-order valence-electron chi connectivity index (χ1n) is 8.09. The number of hydrogen-bond acceptors (Lipinski definition) is 3. The first-order valence-corrected chi connectivity index (χ1v) is 8.09. The highest BCUT2D eigenvalue weighted by Crippen LogP contribution is 2.25. The van der Waals surface area contributed by atoms with Gasteiger partial charge in [-0.15, -0.1) is 0 Å². The quantitative estimate of drug-likeness (QED) is 0.913. The van der Waals surface area contributed by atoms with Crippen molar-refractivity contribution in [3.8, 4) is 0 Å². The molecule has 2 atom stereocenters. The maximum atomic E-state index is 9.31. The Labute approximate surface area is 121 Å². The van der Waals surface area contributed by atoms with E-state index in [1.165, 1.54) is 30.9 Å². The average molecular weight is 277 g/mol. The second kappa shape index (κ2) is 5.86. The van der Waals surface area contributed by atoms with Gasteiger partial charge in [-0.25, -0.2) is 4.98 Å². The zero-order chi connectivity index (χ0) is 14.1. The van der Waals surface area contributed by atoms with Gasteiger partial charge in [-0.1, -0.05) is 0 Å². The molecule has 1 aromatic heterocycles. The van der Waals surface area contributed by atoms with Crippen LogP contribution in [0.2, 0.25) is 0 Å². The summed E-state index contributed by atoms with van der Waals surface area (Å²) >= 11 is 0. The summed E-state index contributed by atoms with van der Waals surface area (Å²) in [6.45, 7) is 7.14. The molecule has 0 bridgehead atoms. The van der Waals surface area contributed by atoms with Crippen LogP contribution in [0.15, 0.2) is 6.20 Å². The molecule has 4 nitrogen and oxygen atoms in total. The molecule has 2 aliphatic rings. The lowest BCUT2D eigenvalue weighted by molar-refractivity contribution is 0.199. The zero-order valence-electron chi connectivity index (χ0n) is 12.8. The van der Waals surface area contributed by atoms with Crippen LogP contribution < -0.4 is 0 Å². The predicted octanol–water partition coefficient (Wildman–Crippen LogP) is 1.85. The lowest BCUT2D eigenvalue weighted by Crippen LogP contribution is -2.36. The van der Waals surface area contributed by atoms with E-state index in [2.05, 4.69) is 29.5 Å². The number of aromatic nitrogens is 2. The molecule has 1 aromatic rings. The van der Waals surface area contributed by atoms with Crippen molar-refractivity contribution in [2.75, 3.05) is 13.2 Å². The Morgan fingerprint density at radius 2 is 2.20 bits per heavy atom. The van der Waals surface area contributed by atoms with E-state index in [4.69, 9.17) is 4.98 Å². The highest BCUT2D eigenvalue weighted by molar-refractivity contribution is 5.09. The minimum absolute atomic E-state index is 0.298. The van der Waals surface area contributed by atoms with E-state index in [0.29, 0.717) is 24.6 Å². The summed E-state index contributed by atoms with van der Waals surface area (Å²) < 4.78 is 2.30. The molecule has 2 unspecified atom stereocenters. The summed E-state index contributed by atoms with van der Waals surface area (Å²) in [4.78, 5) is 7.45. The van der Waals surface area contributed by atoms with Crippen molar-refractivity contribution < 1.29 is 5.11 Å². The Balaban J connectivity index is 1.68. The average Bonchev–Trinajstić information content (AvgIpc) is 3.03. The highest BCUT2D eigenvalue weighted by atomic mass is 16.3. The van der Waals surface area contributed by atoms with Gasteiger partial charge in [-0.3, -0.25) is 4.90 Å². The third-order valence-electron chi connectivity index (χ3n) is 4.95. The zero-order valence-corrected chi connectivity index (χ0v) is 12.8. The summed E-state index contributed by atoms with van der Waals surface area (Å²) in [5.74, 6) is 1.59. The first kappa shape index (κ1) is 14.1. The Morgan fingerprint density at radius 3 is 2.95 bits per heavy atom. The summed E-state index contributed by atoms with van der Waals surface area (Å²) in [6.07, 6.45) is 7.99. The monoisotopic (exact) mass is 277 g/mol. The predicted molar refractivity (Wildman–Crippen MR) is 79.7 cm³/mol. The van der Waals surface area contributed by atoms with E-state index in [9.17, 15) is 5.11 Å². The smallest absolute Gasteiger partial charge is 0.109 e. The second-order valence-corrected chi connectivity index (χ2v) is 6.72. The summed E-state index contributed by atoms with van der Waals surface area (Å²) in [6, 6.07) is 1.30. The van der Waals surface area contributed by atoms with Gasteiger partial charge < -0.3 is 9.67 Å². The Kier molecular flexibility index (Phi) is 4.13. The SMILES string of the molecule is CC(C)N1CCCC1Cc1cn2c(n1)CC(CO)CC2. The first-order chi connectivity index (χ1) is 9.67. The van der Waals surface area contributed by atoms with Crippen molar-refractivity contribution in [3.05, 3.63) is 17.7 Å². The van der Waals surface area contributed by atoms with Crippen LogP contribution in [0.3, 0.4) is 0 Å². The molecule has 112 valence electrons. The van der Waals surface area contributed by atoms with Crippen LogP contribution in [0.4, 0.5) is 0 Å². The molecule has 0 radical (unpaired) electrons. The van der Waals surface area contributed by atoms with Crippen LogP contribution in [0.25, 0.3) is 0 Å². The van der Waals surface area contributed by atoms with Crippen molar-refractivity contribution in [3.63, 3.8) is 0 Å². The molecule has 0 aromatic carbocycles. The van der Waals surface area contributed by atoms with Gasteiger partial charge in [0.15, 0.2) is 0 Å². The van der Waals surface area contributed by atoms with Gasteiger partial charge in [0.25, 0.3) is 0 Å². The number of fused-ring (bicyclic) bond motifs is 1. The highest BCUT2D eigenvalue weighted by Gasteiger charge is 2.28. The summed E-state index contributed by atoms with van der Waals surface area (Å²) in [5.41, 5.74) is 1.25. The van der Waals surface area contributed by atoms with Gasteiger partial charge in [0, 0.05) is 44.3 Å². The molecule has 2 aliphatic heterocycles. The third-order valence-corrected chi connectivity index (χ3v) is 4.95. The molecule has 1 saturated heterocycles. The number of aryl methyl sites for hydroxylation is 1. The topological polar surface area (TPSA) is 41.3 Å². The molecule has 0 amide bonds. The largest absolute Gasteiger partial charge is 0.396 e. The maximum Gasteiger partial charge on any atom is 0.109 e. The van der Waals surface area contributed by atoms with Gasteiger partial charge in [-0.2, -0.15) is 0 Å². The number of nitrogens with zero attached hydrogens (tertiary/aromatic N) is 3. The van der Waals surface area contributed by atoms with Crippen LogP contribution in [0, 0.1) is 5.92 Å². The Morgan fingerprint density at radius 1 is 1.35 bits per heavy atom. The maximum absolute atomic E-state index is 9.31. The van der Waals surface area contributed by atoms with Gasteiger partial charge in [0.1, 0.15) is 5.82 Å². The second-order valence-electron chi connectivity index (χ2n) is 6.72. The van der Waals surface area contributed by atoms with Crippen molar-refractivity contribution >= 4 is 0 Å².